The fraction of sp³-hybridized carbons (Fsp3) is 0.667. The Morgan fingerprint density at radius 3 is 1.47 bits per heavy atom. The highest BCUT2D eigenvalue weighted by molar-refractivity contribution is 5.79. The van der Waals surface area contributed by atoms with E-state index in [0.717, 1.165) is 0 Å². The molecule has 2 N–H and O–H groups in total. The van der Waals surface area contributed by atoms with Crippen molar-refractivity contribution < 1.29 is 50.5 Å². The van der Waals surface area contributed by atoms with Gasteiger partial charge in [-0.2, -0.15) is 26.3 Å². The van der Waals surface area contributed by atoms with Gasteiger partial charge in [0.25, 0.3) is 0 Å². The predicted octanol–water partition coefficient (Wildman–Crippen LogP) is 1.40. The number of hydrogen-bond acceptors (Lipinski definition) is 2. The van der Waals surface area contributed by atoms with Crippen molar-refractivity contribution in [3.05, 3.63) is 0 Å². The fourth-order valence-corrected chi connectivity index (χ4v) is 0.638. The summed E-state index contributed by atoms with van der Waals surface area (Å²) in [6, 6.07) is 0. The van der Waals surface area contributed by atoms with Gasteiger partial charge in [-0.15, -0.1) is 0 Å². The average molecular weight is 272 g/mol. The van der Waals surface area contributed by atoms with Crippen LogP contribution in [0.25, 0.3) is 0 Å². The van der Waals surface area contributed by atoms with Crippen LogP contribution in [0.3, 0.4) is 0 Å². The summed E-state index contributed by atoms with van der Waals surface area (Å²) in [4.78, 5) is 19.4. The second kappa shape index (κ2) is 4.04. The summed E-state index contributed by atoms with van der Waals surface area (Å²) in [7, 11) is 0. The molecule has 0 rings (SSSR count). The number of alkyl halides is 7. The molecule has 100 valence electrons. The van der Waals surface area contributed by atoms with E-state index >= 15 is 0 Å². The van der Waals surface area contributed by atoms with Gasteiger partial charge >= 0.3 is 29.7 Å². The molecule has 0 saturated heterocycles. The normalized spacial score (nSPS) is 15.5. The lowest BCUT2D eigenvalue weighted by Gasteiger charge is -2.28. The van der Waals surface area contributed by atoms with E-state index in [9.17, 15) is 40.3 Å². The highest BCUT2D eigenvalue weighted by atomic mass is 19.3. The Hall–Kier alpha value is -1.55. The van der Waals surface area contributed by atoms with Crippen LogP contribution in [0.4, 0.5) is 30.7 Å². The molecule has 0 aliphatic carbocycles. The number of carbonyl (C=O) groups is 2. The van der Waals surface area contributed by atoms with E-state index in [1.165, 1.54) is 0 Å². The maximum absolute atomic E-state index is 12.5. The minimum atomic E-state index is -6.39. The zero-order valence-corrected chi connectivity index (χ0v) is 7.43. The number of halogens is 7. The summed E-state index contributed by atoms with van der Waals surface area (Å²) in [6.45, 7) is 0. The van der Waals surface area contributed by atoms with E-state index in [4.69, 9.17) is 10.2 Å². The van der Waals surface area contributed by atoms with Gasteiger partial charge in [0, 0.05) is 0 Å². The molecule has 0 spiro atoms. The monoisotopic (exact) mass is 272 g/mol. The van der Waals surface area contributed by atoms with Crippen LogP contribution in [0.2, 0.25) is 0 Å². The van der Waals surface area contributed by atoms with Crippen LogP contribution in [0, 0.1) is 0 Å². The quantitative estimate of drug-likeness (QED) is 0.742. The van der Waals surface area contributed by atoms with Gasteiger partial charge in [-0.1, -0.05) is 0 Å². The van der Waals surface area contributed by atoms with E-state index in [0.29, 0.717) is 0 Å². The second-order valence-electron chi connectivity index (χ2n) is 2.79. The summed E-state index contributed by atoms with van der Waals surface area (Å²) in [5.41, 5.74) is 0. The largest absolute Gasteiger partial charge is 0.477 e. The topological polar surface area (TPSA) is 74.6 Å². The van der Waals surface area contributed by atoms with Crippen LogP contribution < -0.4 is 0 Å². The molecule has 0 saturated carbocycles. The Labute approximate surface area is 87.6 Å². The van der Waals surface area contributed by atoms with Gasteiger partial charge in [0.15, 0.2) is 0 Å². The molecule has 0 bridgehead atoms. The SMILES string of the molecule is O=C(O)C(F)(F)C(F)C(F)(F)C(F)(F)C(=O)O. The molecule has 0 aromatic heterocycles. The van der Waals surface area contributed by atoms with Crippen LogP contribution in [0.1, 0.15) is 0 Å². The van der Waals surface area contributed by atoms with Crippen LogP contribution in [-0.2, 0) is 9.59 Å². The first-order chi connectivity index (χ1) is 7.29. The van der Waals surface area contributed by atoms with Crippen molar-refractivity contribution in [1.82, 2.24) is 0 Å². The van der Waals surface area contributed by atoms with Crippen LogP contribution in [0.15, 0.2) is 0 Å². The zero-order valence-electron chi connectivity index (χ0n) is 7.43. The molecule has 0 aromatic carbocycles. The molecule has 11 heteroatoms. The third kappa shape index (κ3) is 2.26. The predicted molar refractivity (Wildman–Crippen MR) is 35.0 cm³/mol. The number of carboxylic acids is 2. The zero-order chi connectivity index (χ0) is 14.2. The van der Waals surface area contributed by atoms with Gasteiger partial charge in [-0.05, 0) is 0 Å². The fourth-order valence-electron chi connectivity index (χ4n) is 0.638. The molecule has 0 aliphatic rings. The summed E-state index contributed by atoms with van der Waals surface area (Å²) in [6.07, 6.45) is -5.20. The molecule has 0 heterocycles. The number of hydrogen-bond donors (Lipinski definition) is 2. The van der Waals surface area contributed by atoms with E-state index in [2.05, 4.69) is 0 Å². The molecular weight excluding hydrogens is 269 g/mol. The lowest BCUT2D eigenvalue weighted by Crippen LogP contribution is -2.60. The maximum Gasteiger partial charge on any atom is 0.407 e. The van der Waals surface area contributed by atoms with Gasteiger partial charge in [0.1, 0.15) is 0 Å². The second-order valence-corrected chi connectivity index (χ2v) is 2.79. The van der Waals surface area contributed by atoms with Crippen molar-refractivity contribution in [2.75, 3.05) is 0 Å². The third-order valence-electron chi connectivity index (χ3n) is 1.61. The van der Waals surface area contributed by atoms with Crippen molar-refractivity contribution in [2.24, 2.45) is 0 Å². The molecule has 0 amide bonds. The standard InChI is InChI=1S/C6H3F7O4/c7-1(4(8,9)2(14)15)5(10,11)6(12,13)3(16)17/h1H,(H,14,15)(H,16,17). The first-order valence-electron chi connectivity index (χ1n) is 3.53. The van der Waals surface area contributed by atoms with Crippen molar-refractivity contribution in [3.63, 3.8) is 0 Å². The third-order valence-corrected chi connectivity index (χ3v) is 1.61. The first-order valence-corrected chi connectivity index (χ1v) is 3.53. The van der Waals surface area contributed by atoms with Gasteiger partial charge in [0.05, 0.1) is 0 Å². The van der Waals surface area contributed by atoms with Gasteiger partial charge < -0.3 is 10.2 Å². The van der Waals surface area contributed by atoms with E-state index < -0.39 is 35.9 Å². The maximum atomic E-state index is 12.5. The van der Waals surface area contributed by atoms with Crippen molar-refractivity contribution in [1.29, 1.82) is 0 Å². The summed E-state index contributed by atoms with van der Waals surface area (Å²) >= 11 is 0. The van der Waals surface area contributed by atoms with Gasteiger partial charge in [0.2, 0.25) is 6.17 Å². The Morgan fingerprint density at radius 2 is 1.24 bits per heavy atom. The number of carboxylic acid groups (broad SMARTS) is 2. The minimum absolute atomic E-state index is 3.43. The molecule has 1 unspecified atom stereocenters. The van der Waals surface area contributed by atoms with Crippen LogP contribution >= 0.6 is 0 Å². The van der Waals surface area contributed by atoms with Crippen molar-refractivity contribution >= 4 is 11.9 Å². The van der Waals surface area contributed by atoms with Gasteiger partial charge in [-0.3, -0.25) is 0 Å². The van der Waals surface area contributed by atoms with Gasteiger partial charge in [-0.25, -0.2) is 14.0 Å². The highest BCUT2D eigenvalue weighted by Gasteiger charge is 2.74. The molecular formula is C6H3F7O4. The summed E-state index contributed by atoms with van der Waals surface area (Å²) in [5, 5.41) is 15.3. The van der Waals surface area contributed by atoms with E-state index in [-0.39, 0.29) is 0 Å². The summed E-state index contributed by atoms with van der Waals surface area (Å²) in [5.74, 6) is -25.4. The minimum Gasteiger partial charge on any atom is -0.477 e. The Balaban J connectivity index is 5.49. The molecule has 0 aliphatic heterocycles. The Morgan fingerprint density at radius 1 is 0.882 bits per heavy atom. The molecule has 1 atom stereocenters. The summed E-state index contributed by atoms with van der Waals surface area (Å²) < 4.78 is 86.3. The lowest BCUT2D eigenvalue weighted by molar-refractivity contribution is -0.273. The molecule has 17 heavy (non-hydrogen) atoms. The van der Waals surface area contributed by atoms with Crippen molar-refractivity contribution in [2.45, 2.75) is 23.9 Å². The Bertz CT molecular complexity index is 339. The molecule has 0 radical (unpaired) electrons. The average Bonchev–Trinajstić information content (AvgIpc) is 2.15. The molecule has 0 aromatic rings. The Kier molecular flexibility index (Phi) is 3.67. The number of rotatable bonds is 5. The van der Waals surface area contributed by atoms with E-state index in [1.807, 2.05) is 0 Å². The van der Waals surface area contributed by atoms with Crippen LogP contribution in [0.5, 0.6) is 0 Å². The smallest absolute Gasteiger partial charge is 0.407 e. The first kappa shape index (κ1) is 15.4. The lowest BCUT2D eigenvalue weighted by atomic mass is 10.0. The van der Waals surface area contributed by atoms with E-state index in [1.54, 1.807) is 0 Å². The van der Waals surface area contributed by atoms with Crippen LogP contribution in [-0.4, -0.2) is 46.1 Å². The highest BCUT2D eigenvalue weighted by Crippen LogP contribution is 2.44. The molecule has 4 nitrogen and oxygen atoms in total. The number of aliphatic carboxylic acids is 2. The molecule has 0 fully saturated rings. The van der Waals surface area contributed by atoms with Crippen molar-refractivity contribution in [3.8, 4) is 0 Å².